The van der Waals surface area contributed by atoms with E-state index in [1.165, 1.54) is 13.0 Å². The molecule has 0 unspecified atom stereocenters. The van der Waals surface area contributed by atoms with Crippen LogP contribution in [0.4, 0.5) is 17.6 Å². The van der Waals surface area contributed by atoms with Crippen LogP contribution in [-0.4, -0.2) is 0 Å². The fourth-order valence-corrected chi connectivity index (χ4v) is 2.47. The van der Waals surface area contributed by atoms with Crippen LogP contribution in [0.2, 0.25) is 0 Å². The van der Waals surface area contributed by atoms with Crippen LogP contribution in [0.5, 0.6) is 0 Å². The van der Waals surface area contributed by atoms with Crippen LogP contribution < -0.4 is 0 Å². The van der Waals surface area contributed by atoms with Crippen molar-refractivity contribution >= 4 is 6.08 Å². The molecule has 0 radical (unpaired) electrons. The second kappa shape index (κ2) is 7.80. The molecule has 2 rings (SSSR count). The van der Waals surface area contributed by atoms with E-state index in [0.717, 1.165) is 6.07 Å². The number of rotatable bonds is 2. The highest BCUT2D eigenvalue weighted by atomic mass is 19.4. The van der Waals surface area contributed by atoms with Crippen molar-refractivity contribution in [3.05, 3.63) is 40.5 Å². The summed E-state index contributed by atoms with van der Waals surface area (Å²) < 4.78 is 53.2. The number of benzene rings is 1. The molecule has 0 amide bonds. The molecule has 126 valence electrons. The second-order valence-corrected chi connectivity index (χ2v) is 4.82. The van der Waals surface area contributed by atoms with Gasteiger partial charge in [-0.15, -0.1) is 0 Å². The minimum absolute atomic E-state index is 0.163. The molecule has 1 aromatic carbocycles. The molecule has 1 aliphatic carbocycles. The van der Waals surface area contributed by atoms with Crippen molar-refractivity contribution in [3.63, 3.8) is 0 Å². The third-order valence-electron chi connectivity index (χ3n) is 3.48. The lowest BCUT2D eigenvalue weighted by Gasteiger charge is -2.21. The van der Waals surface area contributed by atoms with Gasteiger partial charge >= 0.3 is 6.18 Å². The fourth-order valence-electron chi connectivity index (χ4n) is 2.47. The van der Waals surface area contributed by atoms with Crippen LogP contribution in [-0.2, 0) is 11.8 Å². The Labute approximate surface area is 131 Å². The van der Waals surface area contributed by atoms with Gasteiger partial charge in [0.2, 0.25) is 0 Å². The molecular formula is C18H26F4. The van der Waals surface area contributed by atoms with E-state index in [9.17, 15) is 17.6 Å². The van der Waals surface area contributed by atoms with Gasteiger partial charge in [0, 0.05) is 5.56 Å². The maximum atomic E-state index is 14.2. The van der Waals surface area contributed by atoms with Crippen molar-refractivity contribution in [1.82, 2.24) is 0 Å². The molecule has 0 N–H and O–H groups in total. The van der Waals surface area contributed by atoms with Gasteiger partial charge in [-0.25, -0.2) is 4.39 Å². The molecule has 0 heterocycles. The van der Waals surface area contributed by atoms with Gasteiger partial charge < -0.3 is 0 Å². The maximum absolute atomic E-state index is 14.2. The van der Waals surface area contributed by atoms with E-state index < -0.39 is 17.4 Å². The van der Waals surface area contributed by atoms with E-state index >= 15 is 0 Å². The van der Waals surface area contributed by atoms with Crippen molar-refractivity contribution in [2.45, 2.75) is 66.2 Å². The molecule has 4 heteroatoms. The molecule has 0 saturated heterocycles. The van der Waals surface area contributed by atoms with Gasteiger partial charge in [-0.3, -0.25) is 0 Å². The largest absolute Gasteiger partial charge is 0.416 e. The highest BCUT2D eigenvalue weighted by Gasteiger charge is 2.51. The van der Waals surface area contributed by atoms with Gasteiger partial charge in [0.15, 0.2) is 0 Å². The molecule has 0 atom stereocenters. The lowest BCUT2D eigenvalue weighted by molar-refractivity contribution is -0.139. The Balaban J connectivity index is 0.00000102. The highest BCUT2D eigenvalue weighted by Crippen LogP contribution is 2.54. The molecule has 1 saturated carbocycles. The van der Waals surface area contributed by atoms with Crippen molar-refractivity contribution in [2.24, 2.45) is 0 Å². The van der Waals surface area contributed by atoms with Crippen molar-refractivity contribution in [2.75, 3.05) is 0 Å². The molecule has 1 aromatic rings. The molecule has 0 aromatic heterocycles. The Hall–Kier alpha value is -1.32. The summed E-state index contributed by atoms with van der Waals surface area (Å²) in [6.07, 6.45) is -2.71. The van der Waals surface area contributed by atoms with E-state index in [0.29, 0.717) is 16.7 Å². The molecule has 0 aliphatic heterocycles. The quantitative estimate of drug-likeness (QED) is 0.516. The average molecular weight is 318 g/mol. The number of hydrogen-bond donors (Lipinski definition) is 0. The predicted octanol–water partition coefficient (Wildman–Crippen LogP) is 6.98. The first kappa shape index (κ1) is 20.7. The van der Waals surface area contributed by atoms with Gasteiger partial charge in [-0.2, -0.15) is 13.2 Å². The maximum Gasteiger partial charge on any atom is 0.416 e. The fraction of sp³-hybridized carbons (Fsp3) is 0.556. The van der Waals surface area contributed by atoms with Crippen LogP contribution in [0.25, 0.3) is 6.08 Å². The zero-order valence-electron chi connectivity index (χ0n) is 14.3. The monoisotopic (exact) mass is 318 g/mol. The topological polar surface area (TPSA) is 0 Å². The lowest BCUT2D eigenvalue weighted by Crippen LogP contribution is -2.16. The van der Waals surface area contributed by atoms with Crippen LogP contribution >= 0.6 is 0 Å². The van der Waals surface area contributed by atoms with Gasteiger partial charge in [-0.1, -0.05) is 40.3 Å². The Kier molecular flexibility index (Phi) is 7.33. The Morgan fingerprint density at radius 3 is 1.86 bits per heavy atom. The molecule has 0 bridgehead atoms. The number of aryl methyl sites for hydroxylation is 1. The Morgan fingerprint density at radius 1 is 1.09 bits per heavy atom. The van der Waals surface area contributed by atoms with Crippen LogP contribution in [0.3, 0.4) is 0 Å². The third-order valence-corrected chi connectivity index (χ3v) is 3.48. The predicted molar refractivity (Wildman–Crippen MR) is 85.7 cm³/mol. The summed E-state index contributed by atoms with van der Waals surface area (Å²) in [5, 5.41) is 0. The smallest absolute Gasteiger partial charge is 0.239 e. The molecule has 22 heavy (non-hydrogen) atoms. The summed E-state index contributed by atoms with van der Waals surface area (Å²) in [6, 6.07) is 1.03. The first-order valence-electron chi connectivity index (χ1n) is 7.74. The van der Waals surface area contributed by atoms with Gasteiger partial charge in [-0.05, 0) is 49.4 Å². The zero-order chi connectivity index (χ0) is 17.7. The summed E-state index contributed by atoms with van der Waals surface area (Å²) >= 11 is 0. The minimum atomic E-state index is -4.52. The zero-order valence-corrected chi connectivity index (χ0v) is 14.3. The molecular weight excluding hydrogens is 292 g/mol. The Bertz CT molecular complexity index is 509. The van der Waals surface area contributed by atoms with E-state index in [4.69, 9.17) is 0 Å². The van der Waals surface area contributed by atoms with Crippen LogP contribution in [0, 0.1) is 13.8 Å². The summed E-state index contributed by atoms with van der Waals surface area (Å²) in [6.45, 7) is 14.7. The van der Waals surface area contributed by atoms with Gasteiger partial charge in [0.1, 0.15) is 5.67 Å². The SMILES string of the molecule is C=Cc1c(C)cc(C(F)(F)F)c(C2(F)CC2)c1C.CC.CC. The third kappa shape index (κ3) is 4.11. The molecule has 1 fully saturated rings. The summed E-state index contributed by atoms with van der Waals surface area (Å²) in [5.41, 5.74) is -1.42. The standard InChI is InChI=1S/C14H14F4.2C2H6/c1-4-10-8(2)7-11(14(16,17)18)12(9(10)3)13(15)5-6-13;2*1-2/h4,7H,1,5-6H2,2-3H3;2*1-2H3. The van der Waals surface area contributed by atoms with E-state index in [1.54, 1.807) is 6.92 Å². The normalized spacial score (nSPS) is 15.0. The van der Waals surface area contributed by atoms with Gasteiger partial charge in [0.05, 0.1) is 5.56 Å². The molecule has 1 aliphatic rings. The number of halogens is 4. The Morgan fingerprint density at radius 2 is 1.55 bits per heavy atom. The number of hydrogen-bond acceptors (Lipinski definition) is 0. The van der Waals surface area contributed by atoms with E-state index in [2.05, 4.69) is 6.58 Å². The summed E-state index contributed by atoms with van der Waals surface area (Å²) in [5.74, 6) is 0. The number of alkyl halides is 4. The molecule has 0 nitrogen and oxygen atoms in total. The van der Waals surface area contributed by atoms with E-state index in [-0.39, 0.29) is 18.4 Å². The van der Waals surface area contributed by atoms with Crippen molar-refractivity contribution < 1.29 is 17.6 Å². The van der Waals surface area contributed by atoms with Crippen molar-refractivity contribution in [3.8, 4) is 0 Å². The summed E-state index contributed by atoms with van der Waals surface area (Å²) in [4.78, 5) is 0. The average Bonchev–Trinajstić information content (AvgIpc) is 3.20. The highest BCUT2D eigenvalue weighted by molar-refractivity contribution is 5.62. The minimum Gasteiger partial charge on any atom is -0.239 e. The summed E-state index contributed by atoms with van der Waals surface area (Å²) in [7, 11) is 0. The van der Waals surface area contributed by atoms with Crippen LogP contribution in [0.15, 0.2) is 12.6 Å². The first-order valence-corrected chi connectivity index (χ1v) is 7.74. The van der Waals surface area contributed by atoms with E-state index in [1.807, 2.05) is 27.7 Å². The van der Waals surface area contributed by atoms with Crippen LogP contribution in [0.1, 0.15) is 68.4 Å². The lowest BCUT2D eigenvalue weighted by atomic mass is 9.89. The van der Waals surface area contributed by atoms with Crippen molar-refractivity contribution in [1.29, 1.82) is 0 Å². The second-order valence-electron chi connectivity index (χ2n) is 4.82. The van der Waals surface area contributed by atoms with Gasteiger partial charge in [0.25, 0.3) is 0 Å². The molecule has 0 spiro atoms. The first-order chi connectivity index (χ1) is 10.2.